The number of sulfonamides is 1. The number of nitrogens with one attached hydrogen (secondary N) is 1. The van der Waals surface area contributed by atoms with Crippen LogP contribution in [0.2, 0.25) is 0 Å². The fourth-order valence-corrected chi connectivity index (χ4v) is 3.76. The van der Waals surface area contributed by atoms with Crippen molar-refractivity contribution in [1.29, 1.82) is 0 Å². The summed E-state index contributed by atoms with van der Waals surface area (Å²) in [6.45, 7) is 4.17. The number of ether oxygens (including phenoxy) is 1. The van der Waals surface area contributed by atoms with Crippen LogP contribution in [-0.4, -0.2) is 44.6 Å². The Morgan fingerprint density at radius 2 is 1.88 bits per heavy atom. The second-order valence-corrected chi connectivity index (χ2v) is 7.63. The van der Waals surface area contributed by atoms with E-state index in [-0.39, 0.29) is 18.0 Å². The average Bonchev–Trinajstić information content (AvgIpc) is 3.14. The molecular weight excluding hydrogens is 340 g/mol. The molecule has 7 nitrogen and oxygen atoms in total. The number of nitrogens with zero attached hydrogens (tertiary/aromatic N) is 3. The van der Waals surface area contributed by atoms with Gasteiger partial charge in [0.15, 0.2) is 0 Å². The van der Waals surface area contributed by atoms with E-state index < -0.39 is 10.0 Å². The molecule has 0 atom stereocenters. The summed E-state index contributed by atoms with van der Waals surface area (Å²) in [6, 6.07) is 10.1. The fourth-order valence-electron chi connectivity index (χ4n) is 2.72. The SMILES string of the molecule is Cc1nc(OCCNS(=O)(=O)c2ccccc2)cc(N2CCCC2)n1. The number of hydrogen-bond donors (Lipinski definition) is 1. The number of aryl methyl sites for hydroxylation is 1. The van der Waals surface area contributed by atoms with E-state index in [2.05, 4.69) is 19.6 Å². The van der Waals surface area contributed by atoms with Crippen molar-refractivity contribution in [2.75, 3.05) is 31.1 Å². The van der Waals surface area contributed by atoms with Crippen LogP contribution in [0, 0.1) is 6.92 Å². The molecule has 1 aromatic heterocycles. The molecule has 2 heterocycles. The first-order valence-corrected chi connectivity index (χ1v) is 9.81. The zero-order valence-corrected chi connectivity index (χ0v) is 15.0. The third-order valence-corrected chi connectivity index (χ3v) is 5.41. The minimum atomic E-state index is -3.52. The smallest absolute Gasteiger partial charge is 0.240 e. The van der Waals surface area contributed by atoms with Gasteiger partial charge in [0.2, 0.25) is 15.9 Å². The molecule has 0 unspecified atom stereocenters. The third kappa shape index (κ3) is 4.67. The Kier molecular flexibility index (Phi) is 5.50. The first kappa shape index (κ1) is 17.6. The number of hydrogen-bond acceptors (Lipinski definition) is 6. The Morgan fingerprint density at radius 1 is 1.16 bits per heavy atom. The van der Waals surface area contributed by atoms with Gasteiger partial charge in [0.1, 0.15) is 18.2 Å². The van der Waals surface area contributed by atoms with Crippen molar-refractivity contribution < 1.29 is 13.2 Å². The predicted molar refractivity (Wildman–Crippen MR) is 95.3 cm³/mol. The minimum Gasteiger partial charge on any atom is -0.476 e. The molecule has 0 bridgehead atoms. The summed E-state index contributed by atoms with van der Waals surface area (Å²) in [5.41, 5.74) is 0. The van der Waals surface area contributed by atoms with E-state index in [0.717, 1.165) is 18.9 Å². The quantitative estimate of drug-likeness (QED) is 0.756. The van der Waals surface area contributed by atoms with Crippen molar-refractivity contribution in [3.05, 3.63) is 42.2 Å². The Labute approximate surface area is 148 Å². The second-order valence-electron chi connectivity index (χ2n) is 5.87. The van der Waals surface area contributed by atoms with E-state index in [9.17, 15) is 8.42 Å². The van der Waals surface area contributed by atoms with Gasteiger partial charge in [-0.3, -0.25) is 0 Å². The van der Waals surface area contributed by atoms with Crippen molar-refractivity contribution in [2.24, 2.45) is 0 Å². The first-order valence-electron chi connectivity index (χ1n) is 8.33. The van der Waals surface area contributed by atoms with E-state index in [0.29, 0.717) is 11.7 Å². The summed E-state index contributed by atoms with van der Waals surface area (Å²) in [7, 11) is -3.52. The van der Waals surface area contributed by atoms with E-state index in [1.165, 1.54) is 12.8 Å². The highest BCUT2D eigenvalue weighted by Gasteiger charge is 2.16. The van der Waals surface area contributed by atoms with Crippen LogP contribution in [0.5, 0.6) is 5.88 Å². The molecule has 1 saturated heterocycles. The fraction of sp³-hybridized carbons (Fsp3) is 0.412. The van der Waals surface area contributed by atoms with Gasteiger partial charge in [-0.2, -0.15) is 4.98 Å². The Balaban J connectivity index is 1.55. The molecule has 0 spiro atoms. The maximum absolute atomic E-state index is 12.1. The monoisotopic (exact) mass is 362 g/mol. The largest absolute Gasteiger partial charge is 0.476 e. The number of rotatable bonds is 7. The van der Waals surface area contributed by atoms with Gasteiger partial charge in [-0.05, 0) is 31.9 Å². The number of anilines is 1. The van der Waals surface area contributed by atoms with Gasteiger partial charge >= 0.3 is 0 Å². The summed E-state index contributed by atoms with van der Waals surface area (Å²) < 4.78 is 32.4. The van der Waals surface area contributed by atoms with E-state index in [4.69, 9.17) is 4.74 Å². The molecule has 0 saturated carbocycles. The van der Waals surface area contributed by atoms with Gasteiger partial charge in [0, 0.05) is 25.7 Å². The molecule has 1 aliphatic heterocycles. The Morgan fingerprint density at radius 3 is 2.60 bits per heavy atom. The lowest BCUT2D eigenvalue weighted by Crippen LogP contribution is -2.28. The Bertz CT molecular complexity index is 806. The molecule has 3 rings (SSSR count). The normalized spacial score (nSPS) is 14.7. The summed E-state index contributed by atoms with van der Waals surface area (Å²) in [5.74, 6) is 1.97. The highest BCUT2D eigenvalue weighted by Crippen LogP contribution is 2.21. The van der Waals surface area contributed by atoms with Gasteiger partial charge < -0.3 is 9.64 Å². The lowest BCUT2D eigenvalue weighted by atomic mass is 10.4. The zero-order chi connectivity index (χ0) is 17.7. The molecule has 25 heavy (non-hydrogen) atoms. The molecule has 1 N–H and O–H groups in total. The summed E-state index contributed by atoms with van der Waals surface area (Å²) in [5, 5.41) is 0. The van der Waals surface area contributed by atoms with Crippen LogP contribution < -0.4 is 14.4 Å². The van der Waals surface area contributed by atoms with Crippen molar-refractivity contribution in [3.8, 4) is 5.88 Å². The average molecular weight is 362 g/mol. The maximum atomic E-state index is 12.1. The molecule has 0 aliphatic carbocycles. The van der Waals surface area contributed by atoms with Gasteiger partial charge in [0.25, 0.3) is 0 Å². The molecule has 1 aromatic carbocycles. The summed E-state index contributed by atoms with van der Waals surface area (Å²) in [6.07, 6.45) is 2.33. The van der Waals surface area contributed by atoms with Gasteiger partial charge in [-0.15, -0.1) is 0 Å². The van der Waals surface area contributed by atoms with Crippen LogP contribution >= 0.6 is 0 Å². The van der Waals surface area contributed by atoms with Crippen LogP contribution in [0.1, 0.15) is 18.7 Å². The molecular formula is C17H22N4O3S. The van der Waals surface area contributed by atoms with Gasteiger partial charge in [-0.25, -0.2) is 18.1 Å². The predicted octanol–water partition coefficient (Wildman–Crippen LogP) is 1.74. The van der Waals surface area contributed by atoms with Gasteiger partial charge in [0.05, 0.1) is 4.90 Å². The van der Waals surface area contributed by atoms with Crippen molar-refractivity contribution >= 4 is 15.8 Å². The summed E-state index contributed by atoms with van der Waals surface area (Å²) >= 11 is 0. The first-order chi connectivity index (χ1) is 12.0. The summed E-state index contributed by atoms with van der Waals surface area (Å²) in [4.78, 5) is 11.2. The van der Waals surface area contributed by atoms with Crippen LogP contribution in [-0.2, 0) is 10.0 Å². The van der Waals surface area contributed by atoms with Crippen molar-refractivity contribution in [3.63, 3.8) is 0 Å². The van der Waals surface area contributed by atoms with Crippen LogP contribution in [0.15, 0.2) is 41.3 Å². The molecule has 1 aliphatic rings. The van der Waals surface area contributed by atoms with E-state index in [1.807, 2.05) is 13.0 Å². The lowest BCUT2D eigenvalue weighted by molar-refractivity contribution is 0.309. The standard InChI is InChI=1S/C17H22N4O3S/c1-14-19-16(21-10-5-6-11-21)13-17(20-14)24-12-9-18-25(22,23)15-7-3-2-4-8-15/h2-4,7-8,13,18H,5-6,9-12H2,1H3. The highest BCUT2D eigenvalue weighted by molar-refractivity contribution is 7.89. The molecule has 0 amide bonds. The molecule has 134 valence electrons. The van der Waals surface area contributed by atoms with Crippen molar-refractivity contribution in [2.45, 2.75) is 24.7 Å². The minimum absolute atomic E-state index is 0.166. The number of aromatic nitrogens is 2. The molecule has 8 heteroatoms. The van der Waals surface area contributed by atoms with Gasteiger partial charge in [-0.1, -0.05) is 18.2 Å². The maximum Gasteiger partial charge on any atom is 0.240 e. The zero-order valence-electron chi connectivity index (χ0n) is 14.2. The lowest BCUT2D eigenvalue weighted by Gasteiger charge is -2.17. The Hall–Kier alpha value is -2.19. The third-order valence-electron chi connectivity index (χ3n) is 3.93. The number of benzene rings is 1. The van der Waals surface area contributed by atoms with E-state index in [1.54, 1.807) is 30.3 Å². The van der Waals surface area contributed by atoms with Crippen LogP contribution in [0.3, 0.4) is 0 Å². The molecule has 1 fully saturated rings. The molecule has 2 aromatic rings. The van der Waals surface area contributed by atoms with Crippen LogP contribution in [0.25, 0.3) is 0 Å². The van der Waals surface area contributed by atoms with Crippen LogP contribution in [0.4, 0.5) is 5.82 Å². The van der Waals surface area contributed by atoms with Crippen molar-refractivity contribution in [1.82, 2.24) is 14.7 Å². The highest BCUT2D eigenvalue weighted by atomic mass is 32.2. The second kappa shape index (κ2) is 7.79. The topological polar surface area (TPSA) is 84.4 Å². The van der Waals surface area contributed by atoms with E-state index >= 15 is 0 Å². The molecule has 0 radical (unpaired) electrons.